The Morgan fingerprint density at radius 1 is 1.21 bits per heavy atom. The zero-order valence-corrected chi connectivity index (χ0v) is 17.8. The molecule has 1 rings (SSSR count). The molecule has 134 valence electrons. The van der Waals surface area contributed by atoms with Gasteiger partial charge in [-0.2, -0.15) is 0 Å². The molecule has 0 saturated heterocycles. The second-order valence-electron chi connectivity index (χ2n) is 4.85. The predicted octanol–water partition coefficient (Wildman–Crippen LogP) is 8.25. The number of nitrogens with zero attached hydrogens (tertiary/aromatic N) is 1. The van der Waals surface area contributed by atoms with Gasteiger partial charge in [-0.3, -0.25) is 0 Å². The summed E-state index contributed by atoms with van der Waals surface area (Å²) in [4.78, 5) is 5.47. The Labute approximate surface area is 158 Å². The van der Waals surface area contributed by atoms with E-state index in [4.69, 9.17) is 11.6 Å². The maximum atomic E-state index is 6.23. The van der Waals surface area contributed by atoms with Gasteiger partial charge in [-0.25, -0.2) is 4.99 Å². The molecule has 0 aliphatic carbocycles. The third-order valence-corrected chi connectivity index (χ3v) is 3.94. The quantitative estimate of drug-likeness (QED) is 0.290. The molecule has 0 bridgehead atoms. The molecule has 0 unspecified atom stereocenters. The Balaban J connectivity index is 0. The van der Waals surface area contributed by atoms with E-state index in [1.807, 2.05) is 33.1 Å². The zero-order valence-electron chi connectivity index (χ0n) is 16.2. The van der Waals surface area contributed by atoms with Gasteiger partial charge in [-0.1, -0.05) is 82.8 Å². The molecule has 0 fully saturated rings. The van der Waals surface area contributed by atoms with Gasteiger partial charge in [0.2, 0.25) is 0 Å². The van der Waals surface area contributed by atoms with Crippen molar-refractivity contribution >= 4 is 34.6 Å². The fourth-order valence-corrected chi connectivity index (χ4v) is 2.32. The molecule has 0 N–H and O–H groups in total. The van der Waals surface area contributed by atoms with Crippen molar-refractivity contribution in [3.63, 3.8) is 0 Å². The molecule has 0 saturated carbocycles. The smallest absolute Gasteiger partial charge is 0.132 e. The lowest BCUT2D eigenvalue weighted by molar-refractivity contribution is 1.09. The van der Waals surface area contributed by atoms with Crippen molar-refractivity contribution in [2.75, 3.05) is 0 Å². The lowest BCUT2D eigenvalue weighted by Crippen LogP contribution is -1.88. The van der Waals surface area contributed by atoms with Crippen molar-refractivity contribution in [2.45, 2.75) is 59.8 Å². The van der Waals surface area contributed by atoms with Crippen LogP contribution in [0.15, 0.2) is 57.9 Å². The van der Waals surface area contributed by atoms with Crippen LogP contribution in [0.2, 0.25) is 0 Å². The normalized spacial score (nSPS) is 11.2. The Morgan fingerprint density at radius 3 is 2.21 bits per heavy atom. The van der Waals surface area contributed by atoms with Gasteiger partial charge in [0.05, 0.1) is 0 Å². The third kappa shape index (κ3) is 9.79. The molecule has 0 radical (unpaired) electrons. The van der Waals surface area contributed by atoms with Gasteiger partial charge in [-0.15, -0.1) is 0 Å². The van der Waals surface area contributed by atoms with Crippen molar-refractivity contribution < 1.29 is 0 Å². The highest BCUT2D eigenvalue weighted by Crippen LogP contribution is 2.29. The number of thioether (sulfide) groups is 1. The summed E-state index contributed by atoms with van der Waals surface area (Å²) in [5.74, 6) is 0. The number of benzene rings is 1. The monoisotopic (exact) mass is 365 g/mol. The topological polar surface area (TPSA) is 12.4 Å². The number of aryl methyl sites for hydroxylation is 1. The van der Waals surface area contributed by atoms with Crippen LogP contribution in [0.1, 0.15) is 59.1 Å². The number of rotatable bonds is 5. The van der Waals surface area contributed by atoms with E-state index in [1.54, 1.807) is 17.8 Å². The highest BCUT2D eigenvalue weighted by molar-refractivity contribution is 8.02. The molecule has 0 aliphatic rings. The Morgan fingerprint density at radius 2 is 1.75 bits per heavy atom. The van der Waals surface area contributed by atoms with E-state index in [-0.39, 0.29) is 0 Å². The second kappa shape index (κ2) is 15.3. The second-order valence-corrected chi connectivity index (χ2v) is 6.21. The first-order valence-electron chi connectivity index (χ1n) is 8.33. The van der Waals surface area contributed by atoms with Crippen LogP contribution < -0.4 is 0 Å². The van der Waals surface area contributed by atoms with E-state index < -0.39 is 0 Å². The van der Waals surface area contributed by atoms with Crippen molar-refractivity contribution in [3.05, 3.63) is 59.1 Å². The summed E-state index contributed by atoms with van der Waals surface area (Å²) in [7, 11) is 0. The van der Waals surface area contributed by atoms with E-state index >= 15 is 0 Å². The minimum Gasteiger partial charge on any atom is -0.241 e. The Hall–Kier alpha value is -1.25. The molecule has 1 aromatic rings. The SMILES string of the molecule is C=CSc1cc(/C(C)=C(Cl)/N=C(/C)C=C)ccc1C.CC.CCC. The molecule has 0 spiro atoms. The number of aliphatic imine (C=N–C) groups is 1. The zero-order chi connectivity index (χ0) is 19.1. The first-order valence-corrected chi connectivity index (χ1v) is 9.59. The largest absolute Gasteiger partial charge is 0.241 e. The average Bonchev–Trinajstić information content (AvgIpc) is 2.58. The number of halogens is 1. The van der Waals surface area contributed by atoms with Crippen LogP contribution in [0.3, 0.4) is 0 Å². The minimum absolute atomic E-state index is 0.496. The van der Waals surface area contributed by atoms with Crippen LogP contribution in [0.5, 0.6) is 0 Å². The molecule has 1 nitrogen and oxygen atoms in total. The van der Waals surface area contributed by atoms with Gasteiger partial charge < -0.3 is 0 Å². The molecular formula is C21H32ClNS. The van der Waals surface area contributed by atoms with Crippen LogP contribution in [0.4, 0.5) is 0 Å². The molecule has 1 aromatic carbocycles. The maximum absolute atomic E-state index is 6.23. The molecule has 0 aromatic heterocycles. The lowest BCUT2D eigenvalue weighted by atomic mass is 10.1. The van der Waals surface area contributed by atoms with Crippen molar-refractivity contribution in [2.24, 2.45) is 4.99 Å². The predicted molar refractivity (Wildman–Crippen MR) is 116 cm³/mol. The summed E-state index contributed by atoms with van der Waals surface area (Å²) >= 11 is 7.84. The highest BCUT2D eigenvalue weighted by atomic mass is 35.5. The molecule has 0 heterocycles. The van der Waals surface area contributed by atoms with Crippen molar-refractivity contribution in [1.82, 2.24) is 0 Å². The number of allylic oxidation sites excluding steroid dienone is 2. The van der Waals surface area contributed by atoms with Gasteiger partial charge in [0.25, 0.3) is 0 Å². The standard InChI is InChI=1S/C16H18ClNS.C3H8.C2H6/c1-6-12(4)18-16(17)13(5)14-9-8-11(3)15(10-14)19-7-2;1-3-2;1-2/h6-10H,1-2H2,3-5H3;3H2,1-2H3;1-2H3/b16-13+,18-12-;;. The van der Waals surface area contributed by atoms with E-state index in [0.29, 0.717) is 5.16 Å². The van der Waals surface area contributed by atoms with E-state index in [9.17, 15) is 0 Å². The van der Waals surface area contributed by atoms with E-state index in [1.165, 1.54) is 16.9 Å². The minimum atomic E-state index is 0.496. The Kier molecular flexibility index (Phi) is 15.9. The molecule has 0 atom stereocenters. The first kappa shape index (κ1) is 25.0. The maximum Gasteiger partial charge on any atom is 0.132 e. The summed E-state index contributed by atoms with van der Waals surface area (Å²) in [6, 6.07) is 6.25. The third-order valence-electron chi connectivity index (χ3n) is 2.71. The first-order chi connectivity index (χ1) is 11.4. The van der Waals surface area contributed by atoms with Gasteiger partial charge in [-0.05, 0) is 55.0 Å². The van der Waals surface area contributed by atoms with Crippen LogP contribution >= 0.6 is 23.4 Å². The summed E-state index contributed by atoms with van der Waals surface area (Å²) in [5.41, 5.74) is 4.05. The molecule has 24 heavy (non-hydrogen) atoms. The highest BCUT2D eigenvalue weighted by Gasteiger charge is 2.05. The Bertz CT molecular complexity index is 571. The summed E-state index contributed by atoms with van der Waals surface area (Å²) in [6.45, 7) is 21.6. The number of hydrogen-bond donors (Lipinski definition) is 0. The van der Waals surface area contributed by atoms with Crippen molar-refractivity contribution in [1.29, 1.82) is 0 Å². The average molecular weight is 366 g/mol. The number of hydrogen-bond acceptors (Lipinski definition) is 2. The molecule has 3 heteroatoms. The van der Waals surface area contributed by atoms with Gasteiger partial charge >= 0.3 is 0 Å². The fraction of sp³-hybridized carbons (Fsp3) is 0.381. The van der Waals surface area contributed by atoms with Gasteiger partial charge in [0.15, 0.2) is 0 Å². The van der Waals surface area contributed by atoms with Gasteiger partial charge in [0.1, 0.15) is 5.16 Å². The summed E-state index contributed by atoms with van der Waals surface area (Å²) < 4.78 is 0. The van der Waals surface area contributed by atoms with E-state index in [2.05, 4.69) is 57.1 Å². The van der Waals surface area contributed by atoms with E-state index in [0.717, 1.165) is 16.8 Å². The fourth-order valence-electron chi connectivity index (χ4n) is 1.45. The summed E-state index contributed by atoms with van der Waals surface area (Å²) in [6.07, 6.45) is 2.93. The van der Waals surface area contributed by atoms with Crippen LogP contribution in [-0.2, 0) is 0 Å². The summed E-state index contributed by atoms with van der Waals surface area (Å²) in [5, 5.41) is 2.32. The lowest BCUT2D eigenvalue weighted by Gasteiger charge is -2.08. The van der Waals surface area contributed by atoms with Crippen molar-refractivity contribution in [3.8, 4) is 0 Å². The van der Waals surface area contributed by atoms with Crippen LogP contribution in [-0.4, -0.2) is 5.71 Å². The van der Waals surface area contributed by atoms with Gasteiger partial charge in [0, 0.05) is 10.6 Å². The molecule has 0 aliphatic heterocycles. The molecular weight excluding hydrogens is 334 g/mol. The molecule has 0 amide bonds. The van der Waals surface area contributed by atoms with Crippen LogP contribution in [0, 0.1) is 6.92 Å². The van der Waals surface area contributed by atoms with Crippen LogP contribution in [0.25, 0.3) is 5.57 Å².